The van der Waals surface area contributed by atoms with Crippen LogP contribution in [0.5, 0.6) is 0 Å². The van der Waals surface area contributed by atoms with E-state index >= 15 is 0 Å². The molecule has 0 spiro atoms. The molecule has 2 aliphatic heterocycles. The lowest BCUT2D eigenvalue weighted by Crippen LogP contribution is -2.36. The van der Waals surface area contributed by atoms with Crippen LogP contribution in [0, 0.1) is 0 Å². The van der Waals surface area contributed by atoms with Gasteiger partial charge in [-0.1, -0.05) is 36.4 Å². The van der Waals surface area contributed by atoms with Crippen molar-refractivity contribution in [3.8, 4) is 11.3 Å². The topological polar surface area (TPSA) is 41.1 Å². The molecule has 1 N–H and O–H groups in total. The summed E-state index contributed by atoms with van der Waals surface area (Å²) < 4.78 is 0. The molecule has 0 radical (unpaired) electrons. The van der Waals surface area contributed by atoms with Gasteiger partial charge in [-0.25, -0.2) is 9.97 Å². The molecule has 0 bridgehead atoms. The van der Waals surface area contributed by atoms with Gasteiger partial charge < -0.3 is 5.32 Å². The van der Waals surface area contributed by atoms with Crippen molar-refractivity contribution < 1.29 is 0 Å². The van der Waals surface area contributed by atoms with Crippen LogP contribution in [0.4, 0.5) is 0 Å². The lowest BCUT2D eigenvalue weighted by Gasteiger charge is -2.29. The van der Waals surface area contributed by atoms with E-state index in [1.54, 1.807) is 0 Å². The quantitative estimate of drug-likeness (QED) is 0.785. The molecule has 3 heterocycles. The maximum atomic E-state index is 4.98. The Morgan fingerprint density at radius 1 is 1.00 bits per heavy atom. The number of hydrogen-bond donors (Lipinski definition) is 1. The van der Waals surface area contributed by atoms with E-state index in [1.165, 1.54) is 35.7 Å². The molecule has 2 atom stereocenters. The number of fused-ring (bicyclic) bond motifs is 1. The Labute approximate surface area is 154 Å². The van der Waals surface area contributed by atoms with Crippen LogP contribution >= 0.6 is 0 Å². The zero-order valence-electron chi connectivity index (χ0n) is 14.9. The lowest BCUT2D eigenvalue weighted by atomic mass is 10.0. The molecule has 2 fully saturated rings. The van der Waals surface area contributed by atoms with Crippen molar-refractivity contribution in [1.82, 2.24) is 20.2 Å². The van der Waals surface area contributed by atoms with E-state index in [9.17, 15) is 0 Å². The SMILES string of the molecule is c1ccc2cc(-c3ccnc(C4CCCN4C4CCNC4)n3)ccc2c1. The summed E-state index contributed by atoms with van der Waals surface area (Å²) in [5, 5.41) is 6.01. The first-order chi connectivity index (χ1) is 12.9. The van der Waals surface area contributed by atoms with Gasteiger partial charge in [-0.3, -0.25) is 4.90 Å². The Morgan fingerprint density at radius 3 is 2.81 bits per heavy atom. The van der Waals surface area contributed by atoms with Crippen LogP contribution in [0.1, 0.15) is 31.1 Å². The fourth-order valence-corrected chi connectivity index (χ4v) is 4.47. The minimum Gasteiger partial charge on any atom is -0.315 e. The van der Waals surface area contributed by atoms with Crippen molar-refractivity contribution in [2.45, 2.75) is 31.3 Å². The van der Waals surface area contributed by atoms with Gasteiger partial charge in [0.2, 0.25) is 0 Å². The molecule has 2 unspecified atom stereocenters. The highest BCUT2D eigenvalue weighted by molar-refractivity contribution is 5.86. The van der Waals surface area contributed by atoms with Crippen LogP contribution in [0.3, 0.4) is 0 Å². The van der Waals surface area contributed by atoms with Gasteiger partial charge in [0.05, 0.1) is 11.7 Å². The van der Waals surface area contributed by atoms with E-state index in [4.69, 9.17) is 4.98 Å². The standard InChI is InChI=1S/C22H24N4/c1-2-5-17-14-18(8-7-16(17)4-1)20-10-12-24-22(25-20)21-6-3-13-26(21)19-9-11-23-15-19/h1-2,4-5,7-8,10,12,14,19,21,23H,3,6,9,11,13,15H2. The van der Waals surface area contributed by atoms with E-state index < -0.39 is 0 Å². The zero-order chi connectivity index (χ0) is 17.3. The second-order valence-corrected chi connectivity index (χ2v) is 7.40. The second-order valence-electron chi connectivity index (χ2n) is 7.40. The summed E-state index contributed by atoms with van der Waals surface area (Å²) in [6.07, 6.45) is 5.57. The van der Waals surface area contributed by atoms with E-state index in [2.05, 4.69) is 57.7 Å². The predicted octanol–water partition coefficient (Wildman–Crippen LogP) is 3.80. The Balaban J connectivity index is 1.48. The fourth-order valence-electron chi connectivity index (χ4n) is 4.47. The molecule has 5 rings (SSSR count). The highest BCUT2D eigenvalue weighted by Gasteiger charge is 2.34. The molecule has 2 saturated heterocycles. The average Bonchev–Trinajstić information content (AvgIpc) is 3.39. The van der Waals surface area contributed by atoms with E-state index in [0.29, 0.717) is 12.1 Å². The Bertz CT molecular complexity index is 917. The van der Waals surface area contributed by atoms with Gasteiger partial charge in [0, 0.05) is 24.3 Å². The molecule has 4 nitrogen and oxygen atoms in total. The number of hydrogen-bond acceptors (Lipinski definition) is 4. The Morgan fingerprint density at radius 2 is 1.92 bits per heavy atom. The van der Waals surface area contributed by atoms with Crippen LogP contribution in [0.15, 0.2) is 54.7 Å². The molecule has 1 aromatic heterocycles. The summed E-state index contributed by atoms with van der Waals surface area (Å²) >= 11 is 0. The number of nitrogens with zero attached hydrogens (tertiary/aromatic N) is 3. The van der Waals surface area contributed by atoms with Crippen molar-refractivity contribution in [2.75, 3.05) is 19.6 Å². The minimum atomic E-state index is 0.361. The van der Waals surface area contributed by atoms with Gasteiger partial charge in [0.15, 0.2) is 0 Å². The van der Waals surface area contributed by atoms with E-state index in [-0.39, 0.29) is 0 Å². The molecule has 2 aromatic carbocycles. The summed E-state index contributed by atoms with van der Waals surface area (Å²) in [4.78, 5) is 12.3. The largest absolute Gasteiger partial charge is 0.315 e. The normalized spacial score (nSPS) is 23.7. The summed E-state index contributed by atoms with van der Waals surface area (Å²) in [5.74, 6) is 0.986. The number of aromatic nitrogens is 2. The van der Waals surface area contributed by atoms with E-state index in [1.807, 2.05) is 12.3 Å². The molecule has 132 valence electrons. The van der Waals surface area contributed by atoms with Crippen molar-refractivity contribution >= 4 is 10.8 Å². The van der Waals surface area contributed by atoms with Crippen LogP contribution in [0.2, 0.25) is 0 Å². The van der Waals surface area contributed by atoms with Crippen LogP contribution < -0.4 is 5.32 Å². The first-order valence-electron chi connectivity index (χ1n) is 9.67. The highest BCUT2D eigenvalue weighted by Crippen LogP contribution is 2.34. The van der Waals surface area contributed by atoms with Crippen molar-refractivity contribution in [3.63, 3.8) is 0 Å². The molecular formula is C22H24N4. The van der Waals surface area contributed by atoms with Crippen molar-refractivity contribution in [3.05, 3.63) is 60.6 Å². The lowest BCUT2D eigenvalue weighted by molar-refractivity contribution is 0.186. The molecule has 0 aliphatic carbocycles. The van der Waals surface area contributed by atoms with E-state index in [0.717, 1.165) is 31.0 Å². The zero-order valence-corrected chi connectivity index (χ0v) is 14.9. The molecule has 0 saturated carbocycles. The van der Waals surface area contributed by atoms with Crippen LogP contribution in [0.25, 0.3) is 22.0 Å². The van der Waals surface area contributed by atoms with Gasteiger partial charge in [-0.15, -0.1) is 0 Å². The monoisotopic (exact) mass is 344 g/mol. The maximum Gasteiger partial charge on any atom is 0.146 e. The maximum absolute atomic E-state index is 4.98. The number of likely N-dealkylation sites (tertiary alicyclic amines) is 1. The first-order valence-corrected chi connectivity index (χ1v) is 9.67. The summed E-state index contributed by atoms with van der Waals surface area (Å²) in [5.41, 5.74) is 2.19. The van der Waals surface area contributed by atoms with Gasteiger partial charge in [-0.05, 0) is 55.3 Å². The van der Waals surface area contributed by atoms with Crippen LogP contribution in [-0.2, 0) is 0 Å². The highest BCUT2D eigenvalue weighted by atomic mass is 15.3. The Hall–Kier alpha value is -2.30. The second kappa shape index (κ2) is 6.78. The summed E-state index contributed by atoms with van der Waals surface area (Å²) in [6.45, 7) is 3.40. The fraction of sp³-hybridized carbons (Fsp3) is 0.364. The van der Waals surface area contributed by atoms with Gasteiger partial charge in [0.1, 0.15) is 5.82 Å². The van der Waals surface area contributed by atoms with Gasteiger partial charge in [0.25, 0.3) is 0 Å². The smallest absolute Gasteiger partial charge is 0.146 e. The first kappa shape index (κ1) is 15.9. The van der Waals surface area contributed by atoms with Crippen molar-refractivity contribution in [2.24, 2.45) is 0 Å². The number of nitrogens with one attached hydrogen (secondary N) is 1. The molecular weight excluding hydrogens is 320 g/mol. The third-order valence-electron chi connectivity index (χ3n) is 5.82. The molecule has 0 amide bonds. The Kier molecular flexibility index (Phi) is 4.15. The molecule has 4 heteroatoms. The number of benzene rings is 2. The van der Waals surface area contributed by atoms with Crippen LogP contribution in [-0.4, -0.2) is 40.5 Å². The average molecular weight is 344 g/mol. The molecule has 3 aromatic rings. The minimum absolute atomic E-state index is 0.361. The summed E-state index contributed by atoms with van der Waals surface area (Å²) in [6, 6.07) is 18.1. The third kappa shape index (κ3) is 2.89. The van der Waals surface area contributed by atoms with Gasteiger partial charge >= 0.3 is 0 Å². The van der Waals surface area contributed by atoms with Gasteiger partial charge in [-0.2, -0.15) is 0 Å². The summed E-state index contributed by atoms with van der Waals surface area (Å²) in [7, 11) is 0. The van der Waals surface area contributed by atoms with Crippen molar-refractivity contribution in [1.29, 1.82) is 0 Å². The molecule has 26 heavy (non-hydrogen) atoms. The third-order valence-corrected chi connectivity index (χ3v) is 5.82. The number of rotatable bonds is 3. The predicted molar refractivity (Wildman–Crippen MR) is 105 cm³/mol. The molecule has 2 aliphatic rings.